The van der Waals surface area contributed by atoms with Gasteiger partial charge in [-0.1, -0.05) is 12.1 Å². The highest BCUT2D eigenvalue weighted by molar-refractivity contribution is 6.58. The minimum atomic E-state index is -1.57. The standard InChI is InChI=1S/C11H15BN2O4/c15-11(13-14-4-6-18-7-5-14)9-2-1-3-10(8-9)12(16)17/h1-3,8,16-17H,4-7H2,(H,13,15). The second-order valence-corrected chi connectivity index (χ2v) is 4.04. The number of benzene rings is 1. The number of nitrogens with zero attached hydrogens (tertiary/aromatic N) is 1. The summed E-state index contributed by atoms with van der Waals surface area (Å²) in [4.78, 5) is 11.9. The summed E-state index contributed by atoms with van der Waals surface area (Å²) < 4.78 is 5.18. The first kappa shape index (κ1) is 13.0. The second-order valence-electron chi connectivity index (χ2n) is 4.04. The van der Waals surface area contributed by atoms with Gasteiger partial charge in [0.25, 0.3) is 5.91 Å². The SMILES string of the molecule is O=C(NN1CCOCC1)c1cccc(B(O)O)c1. The van der Waals surface area contributed by atoms with Crippen molar-refractivity contribution in [2.45, 2.75) is 0 Å². The van der Waals surface area contributed by atoms with Gasteiger partial charge in [-0.2, -0.15) is 0 Å². The van der Waals surface area contributed by atoms with Crippen molar-refractivity contribution in [3.63, 3.8) is 0 Å². The van der Waals surface area contributed by atoms with E-state index in [0.717, 1.165) is 0 Å². The van der Waals surface area contributed by atoms with Gasteiger partial charge < -0.3 is 14.8 Å². The van der Waals surface area contributed by atoms with E-state index < -0.39 is 7.12 Å². The van der Waals surface area contributed by atoms with Crippen molar-refractivity contribution in [1.82, 2.24) is 10.4 Å². The van der Waals surface area contributed by atoms with Crippen LogP contribution in [-0.4, -0.2) is 54.4 Å². The Hall–Kier alpha value is -1.41. The molecule has 2 rings (SSSR count). The first-order valence-electron chi connectivity index (χ1n) is 5.76. The maximum Gasteiger partial charge on any atom is 0.488 e. The van der Waals surface area contributed by atoms with Crippen molar-refractivity contribution in [3.05, 3.63) is 29.8 Å². The Bertz CT molecular complexity index is 421. The van der Waals surface area contributed by atoms with Crippen molar-refractivity contribution in [1.29, 1.82) is 0 Å². The number of amides is 1. The lowest BCUT2D eigenvalue weighted by molar-refractivity contribution is 0.0126. The summed E-state index contributed by atoms with van der Waals surface area (Å²) in [5.41, 5.74) is 3.44. The first-order chi connectivity index (χ1) is 8.66. The largest absolute Gasteiger partial charge is 0.488 e. The van der Waals surface area contributed by atoms with E-state index in [9.17, 15) is 4.79 Å². The molecule has 96 valence electrons. The molecule has 0 bridgehead atoms. The number of hydrogen-bond acceptors (Lipinski definition) is 5. The molecule has 1 aromatic rings. The van der Waals surface area contributed by atoms with E-state index in [-0.39, 0.29) is 5.91 Å². The molecular weight excluding hydrogens is 235 g/mol. The molecule has 0 atom stereocenters. The zero-order valence-electron chi connectivity index (χ0n) is 9.87. The Balaban J connectivity index is 2.01. The fraction of sp³-hybridized carbons (Fsp3) is 0.364. The second kappa shape index (κ2) is 5.97. The van der Waals surface area contributed by atoms with Crippen LogP contribution in [0.15, 0.2) is 24.3 Å². The molecule has 3 N–H and O–H groups in total. The molecule has 1 amide bonds. The van der Waals surface area contributed by atoms with Gasteiger partial charge in [-0.25, -0.2) is 5.01 Å². The molecule has 0 aliphatic carbocycles. The van der Waals surface area contributed by atoms with Crippen LogP contribution in [0.5, 0.6) is 0 Å². The fourth-order valence-electron chi connectivity index (χ4n) is 1.72. The molecule has 0 aromatic heterocycles. The number of carbonyl (C=O) groups excluding carboxylic acids is 1. The van der Waals surface area contributed by atoms with Crippen LogP contribution in [0.4, 0.5) is 0 Å². The molecule has 1 aromatic carbocycles. The lowest BCUT2D eigenvalue weighted by Gasteiger charge is -2.26. The van der Waals surface area contributed by atoms with E-state index in [1.807, 2.05) is 0 Å². The lowest BCUT2D eigenvalue weighted by Crippen LogP contribution is -2.48. The van der Waals surface area contributed by atoms with Crippen LogP contribution >= 0.6 is 0 Å². The van der Waals surface area contributed by atoms with Crippen molar-refractivity contribution >= 4 is 18.5 Å². The number of nitrogens with one attached hydrogen (secondary N) is 1. The number of rotatable bonds is 3. The Kier molecular flexibility index (Phi) is 4.32. The highest BCUT2D eigenvalue weighted by Crippen LogP contribution is 1.99. The predicted octanol–water partition coefficient (Wildman–Crippen LogP) is -1.66. The minimum absolute atomic E-state index is 0.264. The smallest absolute Gasteiger partial charge is 0.423 e. The van der Waals surface area contributed by atoms with E-state index in [1.165, 1.54) is 6.07 Å². The normalized spacial score (nSPS) is 16.3. The monoisotopic (exact) mass is 250 g/mol. The summed E-state index contributed by atoms with van der Waals surface area (Å²) >= 11 is 0. The Morgan fingerprint density at radius 3 is 2.72 bits per heavy atom. The molecule has 1 heterocycles. The summed E-state index contributed by atoms with van der Waals surface area (Å²) in [6, 6.07) is 6.25. The average molecular weight is 250 g/mol. The molecule has 0 spiro atoms. The van der Waals surface area contributed by atoms with Crippen LogP contribution in [0, 0.1) is 0 Å². The number of hydrogen-bond donors (Lipinski definition) is 3. The van der Waals surface area contributed by atoms with E-state index in [1.54, 1.807) is 23.2 Å². The van der Waals surface area contributed by atoms with Gasteiger partial charge in [-0.05, 0) is 17.6 Å². The van der Waals surface area contributed by atoms with Crippen LogP contribution in [0.1, 0.15) is 10.4 Å². The summed E-state index contributed by atoms with van der Waals surface area (Å²) in [6.07, 6.45) is 0. The van der Waals surface area contributed by atoms with Gasteiger partial charge in [0.05, 0.1) is 13.2 Å². The highest BCUT2D eigenvalue weighted by Gasteiger charge is 2.16. The Morgan fingerprint density at radius 2 is 2.06 bits per heavy atom. The van der Waals surface area contributed by atoms with Crippen molar-refractivity contribution in [3.8, 4) is 0 Å². The van der Waals surface area contributed by atoms with Crippen LogP contribution in [-0.2, 0) is 4.74 Å². The zero-order valence-corrected chi connectivity index (χ0v) is 9.87. The first-order valence-corrected chi connectivity index (χ1v) is 5.76. The fourth-order valence-corrected chi connectivity index (χ4v) is 1.72. The van der Waals surface area contributed by atoms with E-state index >= 15 is 0 Å². The maximum absolute atomic E-state index is 11.9. The van der Waals surface area contributed by atoms with Crippen molar-refractivity contribution in [2.75, 3.05) is 26.3 Å². The van der Waals surface area contributed by atoms with E-state index in [0.29, 0.717) is 37.3 Å². The molecule has 0 unspecified atom stereocenters. The third-order valence-electron chi connectivity index (χ3n) is 2.72. The predicted molar refractivity (Wildman–Crippen MR) is 66.1 cm³/mol. The van der Waals surface area contributed by atoms with Gasteiger partial charge in [0.1, 0.15) is 0 Å². The quantitative estimate of drug-likeness (QED) is 0.559. The third-order valence-corrected chi connectivity index (χ3v) is 2.72. The molecular formula is C11H15BN2O4. The van der Waals surface area contributed by atoms with Crippen LogP contribution in [0.2, 0.25) is 0 Å². The highest BCUT2D eigenvalue weighted by atomic mass is 16.5. The van der Waals surface area contributed by atoms with E-state index in [2.05, 4.69) is 5.43 Å². The van der Waals surface area contributed by atoms with Gasteiger partial charge in [0, 0.05) is 18.7 Å². The molecule has 1 aliphatic heterocycles. The molecule has 0 radical (unpaired) electrons. The number of hydrazine groups is 1. The molecule has 0 saturated carbocycles. The van der Waals surface area contributed by atoms with Gasteiger partial charge in [-0.15, -0.1) is 0 Å². The molecule has 1 aliphatic rings. The Morgan fingerprint density at radius 1 is 1.33 bits per heavy atom. The third kappa shape index (κ3) is 3.30. The maximum atomic E-state index is 11.9. The summed E-state index contributed by atoms with van der Waals surface area (Å²) in [6.45, 7) is 2.48. The van der Waals surface area contributed by atoms with Gasteiger partial charge >= 0.3 is 7.12 Å². The molecule has 1 fully saturated rings. The van der Waals surface area contributed by atoms with Crippen LogP contribution < -0.4 is 10.9 Å². The number of ether oxygens (including phenoxy) is 1. The number of morpholine rings is 1. The average Bonchev–Trinajstić information content (AvgIpc) is 2.40. The molecule has 1 saturated heterocycles. The molecule has 7 heteroatoms. The summed E-state index contributed by atoms with van der Waals surface area (Å²) in [5, 5.41) is 19.9. The zero-order chi connectivity index (χ0) is 13.0. The van der Waals surface area contributed by atoms with Gasteiger partial charge in [0.15, 0.2) is 0 Å². The van der Waals surface area contributed by atoms with Crippen LogP contribution in [0.3, 0.4) is 0 Å². The van der Waals surface area contributed by atoms with Crippen LogP contribution in [0.25, 0.3) is 0 Å². The summed E-state index contributed by atoms with van der Waals surface area (Å²) in [5.74, 6) is -0.264. The Labute approximate surface area is 105 Å². The summed E-state index contributed by atoms with van der Waals surface area (Å²) in [7, 11) is -1.57. The molecule has 6 nitrogen and oxygen atoms in total. The molecule has 18 heavy (non-hydrogen) atoms. The lowest BCUT2D eigenvalue weighted by atomic mass is 9.79. The van der Waals surface area contributed by atoms with Crippen molar-refractivity contribution in [2.24, 2.45) is 0 Å². The van der Waals surface area contributed by atoms with Gasteiger partial charge in [0.2, 0.25) is 0 Å². The topological polar surface area (TPSA) is 82.0 Å². The van der Waals surface area contributed by atoms with Gasteiger partial charge in [-0.3, -0.25) is 10.2 Å². The minimum Gasteiger partial charge on any atom is -0.423 e. The number of carbonyl (C=O) groups is 1. The van der Waals surface area contributed by atoms with E-state index in [4.69, 9.17) is 14.8 Å². The van der Waals surface area contributed by atoms with Crippen molar-refractivity contribution < 1.29 is 19.6 Å².